The fourth-order valence-corrected chi connectivity index (χ4v) is 3.04. The van der Waals surface area contributed by atoms with Gasteiger partial charge in [0.2, 0.25) is 0 Å². The molecule has 0 saturated carbocycles. The second-order valence-electron chi connectivity index (χ2n) is 6.90. The molecule has 1 fully saturated rings. The highest BCUT2D eigenvalue weighted by Crippen LogP contribution is 2.18. The number of hydrogen-bond acceptors (Lipinski definition) is 3. The monoisotopic (exact) mass is 269 g/mol. The van der Waals surface area contributed by atoms with Crippen molar-refractivity contribution >= 4 is 0 Å². The SMILES string of the molecule is CCCNC(CC)C(C)N1CCN(C(C)(C)C)CC1. The Balaban J connectivity index is 2.45. The van der Waals surface area contributed by atoms with E-state index in [0.717, 1.165) is 6.54 Å². The van der Waals surface area contributed by atoms with Gasteiger partial charge in [-0.3, -0.25) is 9.80 Å². The van der Waals surface area contributed by atoms with E-state index in [1.165, 1.54) is 39.0 Å². The molecule has 114 valence electrons. The number of piperazine rings is 1. The van der Waals surface area contributed by atoms with Gasteiger partial charge >= 0.3 is 0 Å². The first-order chi connectivity index (χ1) is 8.90. The Kier molecular flexibility index (Phi) is 6.78. The van der Waals surface area contributed by atoms with Crippen LogP contribution in [0.2, 0.25) is 0 Å². The molecule has 3 nitrogen and oxygen atoms in total. The van der Waals surface area contributed by atoms with Crippen LogP contribution in [0, 0.1) is 0 Å². The van der Waals surface area contributed by atoms with Gasteiger partial charge in [0.15, 0.2) is 0 Å². The first kappa shape index (κ1) is 16.9. The Hall–Kier alpha value is -0.120. The number of nitrogens with one attached hydrogen (secondary N) is 1. The fraction of sp³-hybridized carbons (Fsp3) is 1.00. The quantitative estimate of drug-likeness (QED) is 0.799. The van der Waals surface area contributed by atoms with Crippen LogP contribution in [-0.4, -0.2) is 60.1 Å². The van der Waals surface area contributed by atoms with E-state index in [-0.39, 0.29) is 0 Å². The first-order valence-electron chi connectivity index (χ1n) is 8.12. The zero-order valence-electron chi connectivity index (χ0n) is 14.0. The van der Waals surface area contributed by atoms with Crippen molar-refractivity contribution in [2.75, 3.05) is 32.7 Å². The molecule has 0 aromatic rings. The lowest BCUT2D eigenvalue weighted by atomic mass is 10.0. The van der Waals surface area contributed by atoms with Gasteiger partial charge in [-0.1, -0.05) is 13.8 Å². The van der Waals surface area contributed by atoms with E-state index in [0.29, 0.717) is 17.6 Å². The van der Waals surface area contributed by atoms with E-state index in [9.17, 15) is 0 Å². The number of hydrogen-bond donors (Lipinski definition) is 1. The van der Waals surface area contributed by atoms with E-state index < -0.39 is 0 Å². The van der Waals surface area contributed by atoms with Gasteiger partial charge in [0.1, 0.15) is 0 Å². The molecular weight excluding hydrogens is 234 g/mol. The normalized spacial score (nSPS) is 22.4. The molecule has 2 atom stereocenters. The standard InChI is InChI=1S/C16H35N3/c1-7-9-17-15(8-2)14(3)18-10-12-19(13-11-18)16(4,5)6/h14-15,17H,7-13H2,1-6H3. The maximum absolute atomic E-state index is 3.70. The molecule has 0 aromatic carbocycles. The Morgan fingerprint density at radius 3 is 2.05 bits per heavy atom. The first-order valence-corrected chi connectivity index (χ1v) is 8.12. The Morgan fingerprint density at radius 2 is 1.63 bits per heavy atom. The molecule has 1 rings (SSSR count). The molecule has 19 heavy (non-hydrogen) atoms. The lowest BCUT2D eigenvalue weighted by molar-refractivity contribution is 0.0367. The molecule has 0 radical (unpaired) electrons. The summed E-state index contributed by atoms with van der Waals surface area (Å²) >= 11 is 0. The van der Waals surface area contributed by atoms with Crippen LogP contribution in [0.5, 0.6) is 0 Å². The zero-order chi connectivity index (χ0) is 14.5. The number of rotatable bonds is 6. The molecule has 1 aliphatic rings. The summed E-state index contributed by atoms with van der Waals surface area (Å²) in [5.41, 5.74) is 0.319. The van der Waals surface area contributed by atoms with Gasteiger partial charge in [-0.05, 0) is 47.1 Å². The largest absolute Gasteiger partial charge is 0.312 e. The summed E-state index contributed by atoms with van der Waals surface area (Å²) in [5.74, 6) is 0. The molecule has 3 heteroatoms. The summed E-state index contributed by atoms with van der Waals surface area (Å²) in [6.07, 6.45) is 2.45. The van der Waals surface area contributed by atoms with Gasteiger partial charge < -0.3 is 5.32 Å². The van der Waals surface area contributed by atoms with Gasteiger partial charge in [-0.2, -0.15) is 0 Å². The molecule has 0 amide bonds. The minimum atomic E-state index is 0.319. The van der Waals surface area contributed by atoms with Gasteiger partial charge in [0.05, 0.1) is 0 Å². The smallest absolute Gasteiger partial charge is 0.0222 e. The van der Waals surface area contributed by atoms with Crippen molar-refractivity contribution in [3.05, 3.63) is 0 Å². The van der Waals surface area contributed by atoms with Crippen LogP contribution in [0.25, 0.3) is 0 Å². The highest BCUT2D eigenvalue weighted by molar-refractivity contribution is 4.87. The fourth-order valence-electron chi connectivity index (χ4n) is 3.04. The number of nitrogens with zero attached hydrogens (tertiary/aromatic N) is 2. The zero-order valence-corrected chi connectivity index (χ0v) is 14.0. The summed E-state index contributed by atoms with van der Waals surface area (Å²) in [6, 6.07) is 1.29. The van der Waals surface area contributed by atoms with E-state index in [1.54, 1.807) is 0 Å². The lowest BCUT2D eigenvalue weighted by Crippen LogP contribution is -2.58. The van der Waals surface area contributed by atoms with Crippen molar-refractivity contribution in [3.8, 4) is 0 Å². The topological polar surface area (TPSA) is 18.5 Å². The minimum Gasteiger partial charge on any atom is -0.312 e. The predicted octanol–water partition coefficient (Wildman–Crippen LogP) is 2.57. The van der Waals surface area contributed by atoms with Crippen molar-refractivity contribution in [3.63, 3.8) is 0 Å². The van der Waals surface area contributed by atoms with Crippen LogP contribution in [0.3, 0.4) is 0 Å². The molecule has 0 spiro atoms. The highest BCUT2D eigenvalue weighted by Gasteiger charge is 2.29. The molecule has 1 aliphatic heterocycles. The summed E-state index contributed by atoms with van der Waals surface area (Å²) in [5, 5.41) is 3.70. The Morgan fingerprint density at radius 1 is 1.05 bits per heavy atom. The van der Waals surface area contributed by atoms with Crippen LogP contribution in [0.4, 0.5) is 0 Å². The Bertz CT molecular complexity index is 239. The van der Waals surface area contributed by atoms with Gasteiger partial charge in [-0.25, -0.2) is 0 Å². The third-order valence-electron chi connectivity index (χ3n) is 4.52. The van der Waals surface area contributed by atoms with Crippen molar-refractivity contribution in [2.24, 2.45) is 0 Å². The Labute approximate surface area is 120 Å². The van der Waals surface area contributed by atoms with Crippen LogP contribution >= 0.6 is 0 Å². The second kappa shape index (κ2) is 7.61. The molecule has 1 N–H and O–H groups in total. The summed E-state index contributed by atoms with van der Waals surface area (Å²) in [4.78, 5) is 5.27. The third kappa shape index (κ3) is 5.05. The molecule has 0 aliphatic carbocycles. The predicted molar refractivity (Wildman–Crippen MR) is 84.7 cm³/mol. The maximum atomic E-state index is 3.70. The van der Waals surface area contributed by atoms with E-state index in [4.69, 9.17) is 0 Å². The lowest BCUT2D eigenvalue weighted by Gasteiger charge is -2.45. The van der Waals surface area contributed by atoms with Crippen LogP contribution in [0.1, 0.15) is 54.4 Å². The average molecular weight is 269 g/mol. The summed E-state index contributed by atoms with van der Waals surface area (Å²) < 4.78 is 0. The highest BCUT2D eigenvalue weighted by atomic mass is 15.3. The maximum Gasteiger partial charge on any atom is 0.0222 e. The minimum absolute atomic E-state index is 0.319. The van der Waals surface area contributed by atoms with E-state index in [1.807, 2.05) is 0 Å². The van der Waals surface area contributed by atoms with Crippen molar-refractivity contribution in [2.45, 2.75) is 72.0 Å². The average Bonchev–Trinajstić information content (AvgIpc) is 2.38. The molecule has 0 bridgehead atoms. The second-order valence-corrected chi connectivity index (χ2v) is 6.90. The molecule has 1 saturated heterocycles. The molecule has 2 unspecified atom stereocenters. The van der Waals surface area contributed by atoms with E-state index >= 15 is 0 Å². The summed E-state index contributed by atoms with van der Waals surface area (Å²) in [6.45, 7) is 19.9. The van der Waals surface area contributed by atoms with Crippen LogP contribution in [0.15, 0.2) is 0 Å². The van der Waals surface area contributed by atoms with Crippen molar-refractivity contribution in [1.82, 2.24) is 15.1 Å². The van der Waals surface area contributed by atoms with E-state index in [2.05, 4.69) is 56.7 Å². The van der Waals surface area contributed by atoms with Crippen molar-refractivity contribution < 1.29 is 0 Å². The van der Waals surface area contributed by atoms with Gasteiger partial charge in [0.25, 0.3) is 0 Å². The van der Waals surface area contributed by atoms with Crippen molar-refractivity contribution in [1.29, 1.82) is 0 Å². The molecule has 1 heterocycles. The molecule has 0 aromatic heterocycles. The third-order valence-corrected chi connectivity index (χ3v) is 4.52. The van der Waals surface area contributed by atoms with Gasteiger partial charge in [0, 0.05) is 43.8 Å². The van der Waals surface area contributed by atoms with Crippen LogP contribution in [-0.2, 0) is 0 Å². The summed E-state index contributed by atoms with van der Waals surface area (Å²) in [7, 11) is 0. The molecular formula is C16H35N3. The van der Waals surface area contributed by atoms with Crippen LogP contribution < -0.4 is 5.32 Å². The van der Waals surface area contributed by atoms with Gasteiger partial charge in [-0.15, -0.1) is 0 Å².